The second kappa shape index (κ2) is 46.5. The molecule has 1 atom stereocenters. The Morgan fingerprint density at radius 1 is 0.429 bits per heavy atom. The van der Waals surface area contributed by atoms with Gasteiger partial charge in [0.25, 0.3) is 0 Å². The van der Waals surface area contributed by atoms with E-state index < -0.39 is 6.10 Å². The highest BCUT2D eigenvalue weighted by molar-refractivity contribution is 5.70. The van der Waals surface area contributed by atoms with Crippen LogP contribution >= 0.6 is 0 Å². The minimum Gasteiger partial charge on any atom is -0.462 e. The summed E-state index contributed by atoms with van der Waals surface area (Å²) in [5, 5.41) is 9.60. The molecule has 1 unspecified atom stereocenters. The Kier molecular flexibility index (Phi) is 44.0. The van der Waals surface area contributed by atoms with E-state index in [2.05, 4.69) is 98.9 Å². The van der Waals surface area contributed by atoms with Crippen molar-refractivity contribution in [3.05, 3.63) is 85.1 Å². The Labute approximate surface area is 346 Å². The first kappa shape index (κ1) is 53.1. The zero-order chi connectivity index (χ0) is 40.7. The number of allylic oxidation sites excluding steroid dienone is 14. The van der Waals surface area contributed by atoms with Gasteiger partial charge in [-0.3, -0.25) is 9.59 Å². The fourth-order valence-corrected chi connectivity index (χ4v) is 6.20. The minimum absolute atomic E-state index is 0.0845. The van der Waals surface area contributed by atoms with Crippen molar-refractivity contribution in [2.75, 3.05) is 13.2 Å². The molecule has 0 saturated carbocycles. The lowest BCUT2D eigenvalue weighted by atomic mass is 10.0. The molecule has 0 heterocycles. The number of hydrogen-bond donors (Lipinski definition) is 1. The second-order valence-electron chi connectivity index (χ2n) is 15.1. The number of ether oxygens (including phenoxy) is 2. The number of carbonyl (C=O) groups is 2. The number of unbranched alkanes of at least 4 members (excludes halogenated alkanes) is 19. The second-order valence-corrected chi connectivity index (χ2v) is 15.1. The maximum Gasteiger partial charge on any atom is 0.306 e. The number of rotatable bonds is 41. The maximum absolute atomic E-state index is 12.2. The van der Waals surface area contributed by atoms with E-state index in [1.54, 1.807) is 0 Å². The van der Waals surface area contributed by atoms with E-state index in [0.717, 1.165) is 83.5 Å². The molecule has 0 aliphatic carbocycles. The lowest BCUT2D eigenvalue weighted by Gasteiger charge is -2.15. The van der Waals surface area contributed by atoms with E-state index in [-0.39, 0.29) is 25.2 Å². The van der Waals surface area contributed by atoms with Crippen LogP contribution in [0.2, 0.25) is 0 Å². The molecule has 0 bridgehead atoms. The van der Waals surface area contributed by atoms with Gasteiger partial charge in [0.1, 0.15) is 6.61 Å². The van der Waals surface area contributed by atoms with Crippen LogP contribution in [0.15, 0.2) is 85.1 Å². The third kappa shape index (κ3) is 43.8. The molecule has 5 nitrogen and oxygen atoms in total. The van der Waals surface area contributed by atoms with Gasteiger partial charge in [0, 0.05) is 12.8 Å². The van der Waals surface area contributed by atoms with E-state index in [1.807, 2.05) is 0 Å². The van der Waals surface area contributed by atoms with Gasteiger partial charge >= 0.3 is 11.9 Å². The van der Waals surface area contributed by atoms with Crippen molar-refractivity contribution in [1.82, 2.24) is 0 Å². The molecule has 0 amide bonds. The van der Waals surface area contributed by atoms with Crippen molar-refractivity contribution in [2.24, 2.45) is 0 Å². The first-order valence-electron chi connectivity index (χ1n) is 23.1. The van der Waals surface area contributed by atoms with E-state index in [4.69, 9.17) is 9.47 Å². The van der Waals surface area contributed by atoms with Crippen LogP contribution in [0.25, 0.3) is 0 Å². The van der Waals surface area contributed by atoms with Gasteiger partial charge in [-0.25, -0.2) is 0 Å². The standard InChI is InChI=1S/C51H86O5/c1-3-5-7-9-11-13-15-17-19-21-23-24-25-26-28-29-31-33-35-37-39-41-43-45-50(53)55-48-49(47-52)56-51(54)46-44-42-40-38-36-34-32-30-27-22-20-18-16-14-12-10-8-6-4-2/h6,8,12,14-15,17-18,20-21,23,27,30,34,36,49,52H,3-5,7,9-11,13,16,19,22,24-26,28-29,31-33,35,37-48H2,1-2H3/b8-6-,14-12-,17-15-,20-18-,23-21-,30-27-,36-34-. The summed E-state index contributed by atoms with van der Waals surface area (Å²) in [5.74, 6) is -0.634. The van der Waals surface area contributed by atoms with Crippen LogP contribution in [-0.4, -0.2) is 36.4 Å². The molecule has 0 aromatic rings. The molecular formula is C51H86O5. The summed E-state index contributed by atoms with van der Waals surface area (Å²) in [6.45, 7) is 3.99. The highest BCUT2D eigenvalue weighted by Crippen LogP contribution is 2.14. The molecule has 0 aliphatic heterocycles. The summed E-state index contributed by atoms with van der Waals surface area (Å²) in [6.07, 6.45) is 63.7. The molecular weight excluding hydrogens is 693 g/mol. The third-order valence-electron chi connectivity index (χ3n) is 9.67. The molecule has 0 fully saturated rings. The fraction of sp³-hybridized carbons (Fsp3) is 0.686. The lowest BCUT2D eigenvalue weighted by Crippen LogP contribution is -2.28. The largest absolute Gasteiger partial charge is 0.462 e. The van der Waals surface area contributed by atoms with Gasteiger partial charge in [-0.15, -0.1) is 0 Å². The molecule has 0 aliphatic rings. The zero-order valence-electron chi connectivity index (χ0n) is 36.4. The van der Waals surface area contributed by atoms with E-state index in [9.17, 15) is 14.7 Å². The summed E-state index contributed by atoms with van der Waals surface area (Å²) in [6, 6.07) is 0. The summed E-state index contributed by atoms with van der Waals surface area (Å²) in [4.78, 5) is 24.4. The van der Waals surface area contributed by atoms with Gasteiger partial charge in [0.05, 0.1) is 6.61 Å². The predicted molar refractivity (Wildman–Crippen MR) is 242 cm³/mol. The van der Waals surface area contributed by atoms with Crippen LogP contribution < -0.4 is 0 Å². The Hall–Kier alpha value is -2.92. The number of aliphatic hydroxyl groups excluding tert-OH is 1. The minimum atomic E-state index is -0.795. The maximum atomic E-state index is 12.2. The molecule has 0 rings (SSSR count). The fourth-order valence-electron chi connectivity index (χ4n) is 6.20. The van der Waals surface area contributed by atoms with Gasteiger partial charge in [-0.05, 0) is 89.9 Å². The molecule has 5 heteroatoms. The van der Waals surface area contributed by atoms with Crippen LogP contribution in [-0.2, 0) is 19.1 Å². The summed E-state index contributed by atoms with van der Waals surface area (Å²) >= 11 is 0. The van der Waals surface area contributed by atoms with Gasteiger partial charge in [0.15, 0.2) is 6.10 Å². The summed E-state index contributed by atoms with van der Waals surface area (Å²) in [7, 11) is 0. The zero-order valence-corrected chi connectivity index (χ0v) is 36.4. The van der Waals surface area contributed by atoms with Crippen molar-refractivity contribution >= 4 is 11.9 Å². The topological polar surface area (TPSA) is 72.8 Å². The van der Waals surface area contributed by atoms with Gasteiger partial charge in [-0.1, -0.05) is 189 Å². The third-order valence-corrected chi connectivity index (χ3v) is 9.67. The van der Waals surface area contributed by atoms with E-state index in [1.165, 1.54) is 96.3 Å². The van der Waals surface area contributed by atoms with Crippen molar-refractivity contribution < 1.29 is 24.2 Å². The first-order valence-corrected chi connectivity index (χ1v) is 23.1. The van der Waals surface area contributed by atoms with Crippen molar-refractivity contribution in [1.29, 1.82) is 0 Å². The summed E-state index contributed by atoms with van der Waals surface area (Å²) < 4.78 is 10.6. The van der Waals surface area contributed by atoms with Crippen LogP contribution in [0, 0.1) is 0 Å². The Morgan fingerprint density at radius 2 is 0.768 bits per heavy atom. The number of hydrogen-bond acceptors (Lipinski definition) is 5. The van der Waals surface area contributed by atoms with Crippen molar-refractivity contribution in [3.8, 4) is 0 Å². The average molecular weight is 779 g/mol. The molecule has 0 aromatic heterocycles. The van der Waals surface area contributed by atoms with Crippen LogP contribution in [0.1, 0.15) is 206 Å². The molecule has 1 N–H and O–H groups in total. The first-order chi connectivity index (χ1) is 27.6. The lowest BCUT2D eigenvalue weighted by molar-refractivity contribution is -0.161. The molecule has 0 spiro atoms. The molecule has 0 radical (unpaired) electrons. The van der Waals surface area contributed by atoms with Crippen molar-refractivity contribution in [2.45, 2.75) is 213 Å². The number of aliphatic hydroxyl groups is 1. The van der Waals surface area contributed by atoms with Gasteiger partial charge < -0.3 is 14.6 Å². The molecule has 320 valence electrons. The monoisotopic (exact) mass is 779 g/mol. The number of esters is 2. The molecule has 0 aromatic carbocycles. The van der Waals surface area contributed by atoms with Gasteiger partial charge in [-0.2, -0.15) is 0 Å². The predicted octanol–water partition coefficient (Wildman–Crippen LogP) is 15.1. The summed E-state index contributed by atoms with van der Waals surface area (Å²) in [5.41, 5.74) is 0. The normalized spacial score (nSPS) is 13.0. The van der Waals surface area contributed by atoms with E-state index in [0.29, 0.717) is 12.8 Å². The van der Waals surface area contributed by atoms with Crippen molar-refractivity contribution in [3.63, 3.8) is 0 Å². The molecule has 56 heavy (non-hydrogen) atoms. The number of carbonyl (C=O) groups excluding carboxylic acids is 2. The van der Waals surface area contributed by atoms with Crippen LogP contribution in [0.5, 0.6) is 0 Å². The Bertz CT molecular complexity index is 1060. The highest BCUT2D eigenvalue weighted by Gasteiger charge is 2.16. The molecule has 0 saturated heterocycles. The van der Waals surface area contributed by atoms with Crippen LogP contribution in [0.3, 0.4) is 0 Å². The van der Waals surface area contributed by atoms with Gasteiger partial charge in [0.2, 0.25) is 0 Å². The Morgan fingerprint density at radius 3 is 1.18 bits per heavy atom. The average Bonchev–Trinajstić information content (AvgIpc) is 3.20. The highest BCUT2D eigenvalue weighted by atomic mass is 16.6. The Balaban J connectivity index is 3.60. The smallest absolute Gasteiger partial charge is 0.306 e. The van der Waals surface area contributed by atoms with Crippen LogP contribution in [0.4, 0.5) is 0 Å². The van der Waals surface area contributed by atoms with E-state index >= 15 is 0 Å². The quantitative estimate of drug-likeness (QED) is 0.0380. The SMILES string of the molecule is CC/C=C\C/C=C\C/C=C\C/C=C\C/C=C\CCCCCC(=O)OC(CO)COC(=O)CCCCCCCCCCCCC/C=C\C/C=C\CCCCCCC.